The van der Waals surface area contributed by atoms with Gasteiger partial charge in [-0.3, -0.25) is 9.59 Å². The van der Waals surface area contributed by atoms with Gasteiger partial charge in [0, 0.05) is 23.7 Å². The lowest BCUT2D eigenvalue weighted by Gasteiger charge is -2.39. The quantitative estimate of drug-likeness (QED) is 0.530. The maximum atomic E-state index is 13.1. The highest BCUT2D eigenvalue weighted by Crippen LogP contribution is 2.52. The summed E-state index contributed by atoms with van der Waals surface area (Å²) in [4.78, 5) is 39.9. The smallest absolute Gasteiger partial charge is 0.338 e. The van der Waals surface area contributed by atoms with Crippen molar-refractivity contribution in [1.82, 2.24) is 4.90 Å². The van der Waals surface area contributed by atoms with Gasteiger partial charge in [-0.15, -0.1) is 0 Å². The zero-order valence-corrected chi connectivity index (χ0v) is 20.3. The number of nitrogens with zero attached hydrogens (tertiary/aromatic N) is 1. The number of carbonyl (C=O) groups excluding carboxylic acids is 3. The summed E-state index contributed by atoms with van der Waals surface area (Å²) < 4.78 is 31.4. The number of ketones is 1. The van der Waals surface area contributed by atoms with E-state index < -0.39 is 28.2 Å². The highest BCUT2D eigenvalue weighted by atomic mass is 32.2. The van der Waals surface area contributed by atoms with Gasteiger partial charge in [-0.2, -0.15) is 0 Å². The fraction of sp³-hybridized carbons (Fsp3) is 0.423. The van der Waals surface area contributed by atoms with Gasteiger partial charge in [-0.05, 0) is 60.4 Å². The first-order chi connectivity index (χ1) is 15.9. The topological polar surface area (TPSA) is 97.8 Å². The van der Waals surface area contributed by atoms with Crippen LogP contribution in [0.2, 0.25) is 0 Å². The Balaban J connectivity index is 1.33. The van der Waals surface area contributed by atoms with Crippen LogP contribution in [-0.2, 0) is 19.4 Å². The van der Waals surface area contributed by atoms with E-state index in [2.05, 4.69) is 20.8 Å². The first kappa shape index (κ1) is 22.8. The van der Waals surface area contributed by atoms with E-state index in [4.69, 9.17) is 4.74 Å². The van der Waals surface area contributed by atoms with Crippen molar-refractivity contribution in [1.29, 1.82) is 0 Å². The average molecular weight is 482 g/mol. The molecule has 2 aromatic rings. The standard InChI is InChI=1S/C26H27NO6S/c1-25(2)11-17-12-26(3,14-25)15-27(17)22(28)13-33-24(30)16-8-9-19-21(10-16)34(31,32)20-7-5-4-6-18(20)23(19)29/h4-10,17H,11-15H2,1-3H3/t17-,26-/m1/s1. The summed E-state index contributed by atoms with van der Waals surface area (Å²) >= 11 is 0. The number of esters is 1. The SMILES string of the molecule is CC1(C)C[C@@H]2C[C@@](C)(CN2C(=O)COC(=O)c2ccc3c(c2)S(=O)(=O)c2ccccc2C3=O)C1. The van der Waals surface area contributed by atoms with Gasteiger partial charge in [0.15, 0.2) is 12.4 Å². The highest BCUT2D eigenvalue weighted by molar-refractivity contribution is 7.91. The molecule has 0 N–H and O–H groups in total. The Kier molecular flexibility index (Phi) is 5.02. The lowest BCUT2D eigenvalue weighted by Crippen LogP contribution is -2.39. The van der Waals surface area contributed by atoms with Crippen LogP contribution in [0.5, 0.6) is 0 Å². The fourth-order valence-electron chi connectivity index (χ4n) is 6.26. The van der Waals surface area contributed by atoms with Crippen LogP contribution in [-0.4, -0.2) is 50.2 Å². The molecule has 1 amide bonds. The zero-order valence-electron chi connectivity index (χ0n) is 19.5. The first-order valence-corrected chi connectivity index (χ1v) is 12.9. The average Bonchev–Trinajstić information content (AvgIpc) is 3.04. The molecule has 0 unspecified atom stereocenters. The van der Waals surface area contributed by atoms with E-state index in [1.165, 1.54) is 24.3 Å². The van der Waals surface area contributed by atoms with Gasteiger partial charge in [0.2, 0.25) is 9.84 Å². The summed E-state index contributed by atoms with van der Waals surface area (Å²) in [6, 6.07) is 10.00. The monoisotopic (exact) mass is 481 g/mol. The predicted octanol–water partition coefficient (Wildman–Crippen LogP) is 3.65. The van der Waals surface area contributed by atoms with E-state index in [0.717, 1.165) is 25.3 Å². The molecule has 2 heterocycles. The Morgan fingerprint density at radius 2 is 1.74 bits per heavy atom. The van der Waals surface area contributed by atoms with Crippen molar-refractivity contribution in [3.63, 3.8) is 0 Å². The van der Waals surface area contributed by atoms with Crippen LogP contribution in [0, 0.1) is 10.8 Å². The molecule has 2 bridgehead atoms. The number of fused-ring (bicyclic) bond motifs is 4. The van der Waals surface area contributed by atoms with E-state index in [9.17, 15) is 22.8 Å². The third-order valence-corrected chi connectivity index (χ3v) is 9.09. The summed E-state index contributed by atoms with van der Waals surface area (Å²) in [6.07, 6.45) is 2.92. The molecule has 2 atom stereocenters. The molecular formula is C26H27NO6S. The zero-order chi connectivity index (χ0) is 24.5. The molecule has 0 spiro atoms. The summed E-state index contributed by atoms with van der Waals surface area (Å²) in [7, 11) is -3.97. The Labute approximate surface area is 199 Å². The third kappa shape index (κ3) is 3.64. The number of carbonyl (C=O) groups is 3. The second kappa shape index (κ2) is 7.50. The summed E-state index contributed by atoms with van der Waals surface area (Å²) in [5, 5.41) is 0. The number of ether oxygens (including phenoxy) is 1. The maximum absolute atomic E-state index is 13.1. The van der Waals surface area contributed by atoms with Crippen molar-refractivity contribution in [2.45, 2.75) is 55.9 Å². The number of likely N-dealkylation sites (tertiary alicyclic amines) is 1. The van der Waals surface area contributed by atoms with E-state index >= 15 is 0 Å². The highest BCUT2D eigenvalue weighted by Gasteiger charge is 2.51. The van der Waals surface area contributed by atoms with E-state index in [1.807, 2.05) is 4.90 Å². The van der Waals surface area contributed by atoms with Crippen LogP contribution in [0.15, 0.2) is 52.3 Å². The van der Waals surface area contributed by atoms with E-state index in [-0.39, 0.29) is 49.3 Å². The predicted molar refractivity (Wildman–Crippen MR) is 123 cm³/mol. The number of hydrogen-bond acceptors (Lipinski definition) is 6. The van der Waals surface area contributed by atoms with Crippen molar-refractivity contribution in [3.8, 4) is 0 Å². The van der Waals surface area contributed by atoms with Gasteiger partial charge in [0.1, 0.15) is 0 Å². The van der Waals surface area contributed by atoms with Crippen LogP contribution in [0.1, 0.15) is 66.3 Å². The number of sulfone groups is 1. The molecule has 2 fully saturated rings. The van der Waals surface area contributed by atoms with Crippen LogP contribution in [0.25, 0.3) is 0 Å². The molecule has 2 aliphatic heterocycles. The number of hydrogen-bond donors (Lipinski definition) is 0. The summed E-state index contributed by atoms with van der Waals surface area (Å²) in [5.41, 5.74) is 0.348. The number of benzene rings is 2. The summed E-state index contributed by atoms with van der Waals surface area (Å²) in [5.74, 6) is -1.45. The van der Waals surface area contributed by atoms with Gasteiger partial charge in [-0.25, -0.2) is 13.2 Å². The Bertz CT molecular complexity index is 1340. The molecule has 0 aromatic heterocycles. The molecule has 5 rings (SSSR count). The van der Waals surface area contributed by atoms with Crippen molar-refractivity contribution >= 4 is 27.5 Å². The van der Waals surface area contributed by atoms with Crippen molar-refractivity contribution in [2.24, 2.45) is 10.8 Å². The van der Waals surface area contributed by atoms with Gasteiger partial charge < -0.3 is 9.64 Å². The van der Waals surface area contributed by atoms with Crippen LogP contribution in [0.4, 0.5) is 0 Å². The summed E-state index contributed by atoms with van der Waals surface area (Å²) in [6.45, 7) is 6.89. The van der Waals surface area contributed by atoms with Gasteiger partial charge >= 0.3 is 5.97 Å². The Hall–Kier alpha value is -3.00. The van der Waals surface area contributed by atoms with Crippen LogP contribution >= 0.6 is 0 Å². The van der Waals surface area contributed by atoms with E-state index in [1.54, 1.807) is 12.1 Å². The minimum absolute atomic E-state index is 0.0180. The minimum atomic E-state index is -3.97. The fourth-order valence-corrected chi connectivity index (χ4v) is 7.93. The Morgan fingerprint density at radius 3 is 2.50 bits per heavy atom. The third-order valence-electron chi connectivity index (χ3n) is 7.23. The maximum Gasteiger partial charge on any atom is 0.338 e. The van der Waals surface area contributed by atoms with Gasteiger partial charge in [0.25, 0.3) is 5.91 Å². The molecule has 7 nitrogen and oxygen atoms in total. The first-order valence-electron chi connectivity index (χ1n) is 11.4. The molecule has 34 heavy (non-hydrogen) atoms. The van der Waals surface area contributed by atoms with Crippen molar-refractivity contribution < 1.29 is 27.5 Å². The molecule has 1 saturated carbocycles. The lowest BCUT2D eigenvalue weighted by molar-refractivity contribution is -0.135. The lowest BCUT2D eigenvalue weighted by atomic mass is 9.65. The largest absolute Gasteiger partial charge is 0.452 e. The van der Waals surface area contributed by atoms with Gasteiger partial charge in [0.05, 0.1) is 15.4 Å². The molecule has 178 valence electrons. The van der Waals surface area contributed by atoms with Gasteiger partial charge in [-0.1, -0.05) is 32.9 Å². The molecule has 0 radical (unpaired) electrons. The second-order valence-corrected chi connectivity index (χ2v) is 12.7. The molecule has 3 aliphatic rings. The molecule has 2 aromatic carbocycles. The molecule has 8 heteroatoms. The van der Waals surface area contributed by atoms with Crippen molar-refractivity contribution in [2.75, 3.05) is 13.2 Å². The molecule has 1 saturated heterocycles. The molecule has 1 aliphatic carbocycles. The minimum Gasteiger partial charge on any atom is -0.452 e. The van der Waals surface area contributed by atoms with Crippen molar-refractivity contribution in [3.05, 3.63) is 59.2 Å². The normalized spacial score (nSPS) is 25.9. The van der Waals surface area contributed by atoms with E-state index in [0.29, 0.717) is 6.54 Å². The second-order valence-electron chi connectivity index (χ2n) is 10.9. The molecular weight excluding hydrogens is 454 g/mol. The number of rotatable bonds is 3. The number of amides is 1. The van der Waals surface area contributed by atoms with Crippen LogP contribution < -0.4 is 0 Å². The Morgan fingerprint density at radius 1 is 1.03 bits per heavy atom. The van der Waals surface area contributed by atoms with Crippen LogP contribution in [0.3, 0.4) is 0 Å².